The quantitative estimate of drug-likeness (QED) is 0.587. The van der Waals surface area contributed by atoms with E-state index in [9.17, 15) is 4.79 Å². The Balaban J connectivity index is 1.82. The summed E-state index contributed by atoms with van der Waals surface area (Å²) in [5, 5.41) is 0. The van der Waals surface area contributed by atoms with Crippen LogP contribution < -0.4 is 0 Å². The van der Waals surface area contributed by atoms with E-state index in [0.29, 0.717) is 23.8 Å². The highest BCUT2D eigenvalue weighted by molar-refractivity contribution is 6.13. The lowest BCUT2D eigenvalue weighted by molar-refractivity contribution is -0.143. The Bertz CT molecular complexity index is 282. The van der Waals surface area contributed by atoms with Crippen molar-refractivity contribution in [3.63, 3.8) is 0 Å². The average molecular weight is 229 g/mol. The van der Waals surface area contributed by atoms with Crippen LogP contribution in [0, 0.1) is 11.8 Å². The van der Waals surface area contributed by atoms with Gasteiger partial charge >= 0.3 is 0 Å². The van der Waals surface area contributed by atoms with E-state index >= 15 is 0 Å². The normalized spacial score (nSPS) is 41.5. The lowest BCUT2D eigenvalue weighted by atomic mass is 9.76. The summed E-state index contributed by atoms with van der Waals surface area (Å²) in [5.74, 6) is 1.61. The summed E-state index contributed by atoms with van der Waals surface area (Å²) in [6.07, 6.45) is 4.30. The zero-order valence-corrected chi connectivity index (χ0v) is 9.62. The minimum Gasteiger partial charge on any atom is -0.339 e. The molecule has 3 rings (SSSR count). The summed E-state index contributed by atoms with van der Waals surface area (Å²) >= 11 is 6.12. The maximum absolute atomic E-state index is 11.8. The molecule has 0 aromatic heterocycles. The van der Waals surface area contributed by atoms with Crippen LogP contribution in [-0.4, -0.2) is 40.9 Å². The van der Waals surface area contributed by atoms with E-state index in [-0.39, 0.29) is 0 Å². The van der Waals surface area contributed by atoms with Crippen molar-refractivity contribution in [1.82, 2.24) is 9.32 Å². The predicted molar refractivity (Wildman–Crippen MR) is 58.4 cm³/mol. The van der Waals surface area contributed by atoms with Gasteiger partial charge in [-0.1, -0.05) is 0 Å². The molecule has 0 aliphatic carbocycles. The molecule has 1 amide bonds. The third-order valence-corrected chi connectivity index (χ3v) is 4.41. The van der Waals surface area contributed by atoms with Gasteiger partial charge in [-0.3, -0.25) is 4.79 Å². The summed E-state index contributed by atoms with van der Waals surface area (Å²) in [6.45, 7) is 2.87. The lowest BCUT2D eigenvalue weighted by Gasteiger charge is -2.51. The van der Waals surface area contributed by atoms with Crippen LogP contribution in [0.2, 0.25) is 0 Å². The molecule has 0 aromatic carbocycles. The van der Waals surface area contributed by atoms with E-state index < -0.39 is 0 Å². The maximum atomic E-state index is 11.8. The molecule has 3 nitrogen and oxygen atoms in total. The minimum absolute atomic E-state index is 0.379. The van der Waals surface area contributed by atoms with E-state index in [0.717, 1.165) is 32.5 Å². The van der Waals surface area contributed by atoms with Gasteiger partial charge in [-0.25, -0.2) is 4.42 Å². The van der Waals surface area contributed by atoms with Crippen LogP contribution in [0.1, 0.15) is 25.7 Å². The van der Waals surface area contributed by atoms with Crippen LogP contribution in [0.25, 0.3) is 0 Å². The first kappa shape index (κ1) is 9.91. The van der Waals surface area contributed by atoms with Crippen LogP contribution in [0.15, 0.2) is 0 Å². The molecule has 0 radical (unpaired) electrons. The van der Waals surface area contributed by atoms with Crippen molar-refractivity contribution in [3.8, 4) is 0 Å². The van der Waals surface area contributed by atoms with Gasteiger partial charge in [0, 0.05) is 32.1 Å². The number of piperidine rings is 3. The largest absolute Gasteiger partial charge is 0.339 e. The van der Waals surface area contributed by atoms with Gasteiger partial charge in [-0.15, -0.1) is 0 Å². The number of carbonyl (C=O) groups excluding carboxylic acids is 1. The molecule has 15 heavy (non-hydrogen) atoms. The lowest BCUT2D eigenvalue weighted by Crippen LogP contribution is -2.59. The van der Waals surface area contributed by atoms with Gasteiger partial charge in [0.05, 0.1) is 0 Å². The summed E-state index contributed by atoms with van der Waals surface area (Å²) in [7, 11) is 0. The Morgan fingerprint density at radius 1 is 1.27 bits per heavy atom. The smallest absolute Gasteiger partial charge is 0.222 e. The van der Waals surface area contributed by atoms with Crippen molar-refractivity contribution >= 4 is 17.7 Å². The second kappa shape index (κ2) is 3.63. The molecule has 3 aliphatic rings. The molecule has 3 saturated heterocycles. The van der Waals surface area contributed by atoms with Crippen molar-refractivity contribution < 1.29 is 4.79 Å². The third kappa shape index (κ3) is 1.66. The van der Waals surface area contributed by atoms with Crippen LogP contribution in [0.5, 0.6) is 0 Å². The second-order valence-electron chi connectivity index (χ2n) is 5.20. The van der Waals surface area contributed by atoms with E-state index in [2.05, 4.69) is 4.90 Å². The first-order valence-electron chi connectivity index (χ1n) is 5.94. The number of hydrogen-bond acceptors (Lipinski definition) is 2. The Morgan fingerprint density at radius 2 is 2.13 bits per heavy atom. The third-order valence-electron chi connectivity index (χ3n) is 4.14. The fraction of sp³-hybridized carbons (Fsp3) is 0.909. The Morgan fingerprint density at radius 3 is 3.00 bits per heavy atom. The standard InChI is InChI=1S/C11H17ClN2O/c12-13-5-8-4-9(7-13)10-2-1-3-11(15)14(10)6-8/h8-10H,1-7H2. The molecular weight excluding hydrogens is 212 g/mol. The molecule has 0 aromatic rings. The number of carbonyl (C=O) groups is 1. The van der Waals surface area contributed by atoms with Gasteiger partial charge in [-0.05, 0) is 42.9 Å². The molecule has 4 heteroatoms. The van der Waals surface area contributed by atoms with Gasteiger partial charge in [0.25, 0.3) is 0 Å². The van der Waals surface area contributed by atoms with Crippen molar-refractivity contribution in [1.29, 1.82) is 0 Å². The summed E-state index contributed by atoms with van der Waals surface area (Å²) in [4.78, 5) is 14.0. The highest BCUT2D eigenvalue weighted by Gasteiger charge is 2.43. The van der Waals surface area contributed by atoms with Crippen LogP contribution in [0.3, 0.4) is 0 Å². The molecular formula is C11H17ClN2O. The Kier molecular flexibility index (Phi) is 2.40. The number of halogens is 1. The van der Waals surface area contributed by atoms with Crippen molar-refractivity contribution in [2.24, 2.45) is 11.8 Å². The van der Waals surface area contributed by atoms with Crippen LogP contribution >= 0.6 is 11.8 Å². The van der Waals surface area contributed by atoms with Crippen LogP contribution in [0.4, 0.5) is 0 Å². The topological polar surface area (TPSA) is 23.6 Å². The summed E-state index contributed by atoms with van der Waals surface area (Å²) in [5.41, 5.74) is 0. The minimum atomic E-state index is 0.379. The highest BCUT2D eigenvalue weighted by Crippen LogP contribution is 2.38. The molecule has 0 spiro atoms. The summed E-state index contributed by atoms with van der Waals surface area (Å²) < 4.78 is 1.93. The Labute approximate surface area is 95.5 Å². The first-order chi connectivity index (χ1) is 7.24. The van der Waals surface area contributed by atoms with E-state index in [1.807, 2.05) is 4.42 Å². The molecule has 3 fully saturated rings. The highest BCUT2D eigenvalue weighted by atomic mass is 35.5. The van der Waals surface area contributed by atoms with Gasteiger partial charge in [0.2, 0.25) is 5.91 Å². The first-order valence-corrected chi connectivity index (χ1v) is 6.28. The van der Waals surface area contributed by atoms with Crippen molar-refractivity contribution in [3.05, 3.63) is 0 Å². The van der Waals surface area contributed by atoms with Gasteiger partial charge in [-0.2, -0.15) is 0 Å². The molecule has 84 valence electrons. The zero-order chi connectivity index (χ0) is 10.4. The van der Waals surface area contributed by atoms with Gasteiger partial charge < -0.3 is 4.90 Å². The number of amides is 1. The number of rotatable bonds is 0. The molecule has 3 aliphatic heterocycles. The van der Waals surface area contributed by atoms with Gasteiger partial charge in [0.1, 0.15) is 0 Å². The number of fused-ring (bicyclic) bond motifs is 4. The molecule has 2 bridgehead atoms. The second-order valence-corrected chi connectivity index (χ2v) is 5.67. The number of nitrogens with zero attached hydrogens (tertiary/aromatic N) is 2. The van der Waals surface area contributed by atoms with Crippen molar-refractivity contribution in [2.75, 3.05) is 19.6 Å². The van der Waals surface area contributed by atoms with E-state index in [4.69, 9.17) is 11.8 Å². The van der Waals surface area contributed by atoms with E-state index in [1.165, 1.54) is 12.8 Å². The molecule has 3 unspecified atom stereocenters. The fourth-order valence-electron chi connectivity index (χ4n) is 3.55. The fourth-order valence-corrected chi connectivity index (χ4v) is 3.92. The maximum Gasteiger partial charge on any atom is 0.222 e. The number of hydrogen-bond donors (Lipinski definition) is 0. The molecule has 3 atom stereocenters. The Hall–Kier alpha value is -0.280. The zero-order valence-electron chi connectivity index (χ0n) is 8.86. The summed E-state index contributed by atoms with van der Waals surface area (Å²) in [6, 6.07) is 0.490. The van der Waals surface area contributed by atoms with Crippen molar-refractivity contribution in [2.45, 2.75) is 31.7 Å². The molecule has 0 saturated carbocycles. The SMILES string of the molecule is O=C1CCCC2C3CC(CN(Cl)C3)CN12. The van der Waals surface area contributed by atoms with Gasteiger partial charge in [0.15, 0.2) is 0 Å². The average Bonchev–Trinajstić information content (AvgIpc) is 2.19. The monoisotopic (exact) mass is 228 g/mol. The van der Waals surface area contributed by atoms with E-state index in [1.54, 1.807) is 0 Å². The van der Waals surface area contributed by atoms with Crippen LogP contribution in [-0.2, 0) is 4.79 Å². The molecule has 0 N–H and O–H groups in total. The predicted octanol–water partition coefficient (Wildman–Crippen LogP) is 1.47. The molecule has 3 heterocycles.